The molecule has 0 saturated carbocycles. The maximum atomic E-state index is 10.8. The van der Waals surface area contributed by atoms with E-state index in [2.05, 4.69) is 19.5 Å². The number of phosphoric acid groups is 1. The lowest BCUT2D eigenvalue weighted by molar-refractivity contribution is -0.0439. The minimum Gasteiger partial charge on any atom is -0.390 e. The number of imidazole rings is 1. The van der Waals surface area contributed by atoms with Crippen LogP contribution in [0.5, 0.6) is 0 Å². The SMILES string of the molecule is C[C@@H]1[C@H](O)[C@@H](COP(=O)(O)O)O[C@H]1n1cnc2c(N)ncnc21. The molecule has 1 aliphatic heterocycles. The minimum atomic E-state index is -4.64. The first-order valence-electron chi connectivity index (χ1n) is 6.74. The van der Waals surface area contributed by atoms with Gasteiger partial charge in [-0.2, -0.15) is 0 Å². The zero-order chi connectivity index (χ0) is 16.8. The average molecular weight is 345 g/mol. The number of phosphoric ester groups is 1. The van der Waals surface area contributed by atoms with Crippen LogP contribution < -0.4 is 5.73 Å². The van der Waals surface area contributed by atoms with Gasteiger partial charge in [-0.15, -0.1) is 0 Å². The number of aliphatic hydroxyl groups is 1. The summed E-state index contributed by atoms with van der Waals surface area (Å²) in [5.74, 6) is -0.157. The van der Waals surface area contributed by atoms with E-state index in [9.17, 15) is 9.67 Å². The topological polar surface area (TPSA) is 166 Å². The molecule has 23 heavy (non-hydrogen) atoms. The summed E-state index contributed by atoms with van der Waals surface area (Å²) >= 11 is 0. The first kappa shape index (κ1) is 16.2. The van der Waals surface area contributed by atoms with E-state index in [0.29, 0.717) is 11.2 Å². The van der Waals surface area contributed by atoms with Gasteiger partial charge in [-0.1, -0.05) is 6.92 Å². The van der Waals surface area contributed by atoms with Crippen LogP contribution in [0.1, 0.15) is 13.2 Å². The molecule has 11 nitrogen and oxygen atoms in total. The lowest BCUT2D eigenvalue weighted by Crippen LogP contribution is -2.29. The predicted octanol–water partition coefficient (Wildman–Crippen LogP) is -0.588. The van der Waals surface area contributed by atoms with E-state index in [0.717, 1.165) is 0 Å². The molecule has 3 heterocycles. The van der Waals surface area contributed by atoms with Crippen molar-refractivity contribution in [1.82, 2.24) is 19.5 Å². The number of hydrogen-bond donors (Lipinski definition) is 4. The third-order valence-corrected chi connectivity index (χ3v) is 4.24. The number of nitrogens with two attached hydrogens (primary N) is 1. The summed E-state index contributed by atoms with van der Waals surface area (Å²) in [7, 11) is -4.64. The number of fused-ring (bicyclic) bond motifs is 1. The predicted molar refractivity (Wildman–Crippen MR) is 76.8 cm³/mol. The van der Waals surface area contributed by atoms with Crippen molar-refractivity contribution in [2.24, 2.45) is 5.92 Å². The number of ether oxygens (including phenoxy) is 1. The molecule has 4 atom stereocenters. The molecule has 3 rings (SSSR count). The molecule has 0 aromatic carbocycles. The molecule has 0 aliphatic carbocycles. The summed E-state index contributed by atoms with van der Waals surface area (Å²) in [5, 5.41) is 10.2. The molecule has 2 aromatic heterocycles. The number of anilines is 1. The van der Waals surface area contributed by atoms with Gasteiger partial charge in [-0.3, -0.25) is 9.09 Å². The van der Waals surface area contributed by atoms with Gasteiger partial charge in [-0.05, 0) is 0 Å². The first-order chi connectivity index (χ1) is 10.8. The summed E-state index contributed by atoms with van der Waals surface area (Å²) in [4.78, 5) is 29.6. The summed E-state index contributed by atoms with van der Waals surface area (Å²) < 4.78 is 22.5. The molecule has 0 radical (unpaired) electrons. The number of aliphatic hydroxyl groups excluding tert-OH is 1. The Balaban J connectivity index is 1.85. The summed E-state index contributed by atoms with van der Waals surface area (Å²) in [6.45, 7) is 1.30. The molecule has 5 N–H and O–H groups in total. The maximum absolute atomic E-state index is 10.8. The van der Waals surface area contributed by atoms with Crippen LogP contribution in [-0.2, 0) is 13.8 Å². The third kappa shape index (κ3) is 3.07. The second-order valence-electron chi connectivity index (χ2n) is 5.28. The van der Waals surface area contributed by atoms with E-state index in [-0.39, 0.29) is 11.7 Å². The van der Waals surface area contributed by atoms with Crippen molar-refractivity contribution in [1.29, 1.82) is 0 Å². The lowest BCUT2D eigenvalue weighted by atomic mass is 10.0. The summed E-state index contributed by atoms with van der Waals surface area (Å²) in [6.07, 6.45) is 0.271. The van der Waals surface area contributed by atoms with E-state index in [1.807, 2.05) is 0 Å². The van der Waals surface area contributed by atoms with Crippen molar-refractivity contribution >= 4 is 24.8 Å². The molecule has 1 aliphatic rings. The van der Waals surface area contributed by atoms with Gasteiger partial charge in [0.15, 0.2) is 11.5 Å². The molecule has 1 fully saturated rings. The number of aromatic nitrogens is 4. The fourth-order valence-corrected chi connectivity index (χ4v) is 2.92. The highest BCUT2D eigenvalue weighted by atomic mass is 31.2. The van der Waals surface area contributed by atoms with Crippen LogP contribution >= 0.6 is 7.82 Å². The van der Waals surface area contributed by atoms with Crippen LogP contribution in [0.4, 0.5) is 5.82 Å². The van der Waals surface area contributed by atoms with Crippen molar-refractivity contribution in [2.45, 2.75) is 25.4 Å². The Bertz CT molecular complexity index is 762. The number of rotatable bonds is 4. The van der Waals surface area contributed by atoms with Gasteiger partial charge in [0, 0.05) is 5.92 Å². The zero-order valence-corrected chi connectivity index (χ0v) is 12.9. The van der Waals surface area contributed by atoms with E-state index >= 15 is 0 Å². The van der Waals surface area contributed by atoms with Gasteiger partial charge in [0.05, 0.1) is 19.0 Å². The molecule has 126 valence electrons. The van der Waals surface area contributed by atoms with Crippen molar-refractivity contribution in [2.75, 3.05) is 12.3 Å². The Hall–Kier alpha value is -1.62. The minimum absolute atomic E-state index is 0.223. The van der Waals surface area contributed by atoms with Crippen molar-refractivity contribution < 1.29 is 28.7 Å². The molecular formula is C11H16N5O6P. The Labute approximate surface area is 130 Å². The second-order valence-corrected chi connectivity index (χ2v) is 6.52. The van der Waals surface area contributed by atoms with E-state index in [1.165, 1.54) is 12.7 Å². The highest BCUT2D eigenvalue weighted by molar-refractivity contribution is 7.46. The molecule has 0 bridgehead atoms. The Kier molecular flexibility index (Phi) is 4.08. The van der Waals surface area contributed by atoms with Crippen molar-refractivity contribution in [3.8, 4) is 0 Å². The third-order valence-electron chi connectivity index (χ3n) is 3.75. The largest absolute Gasteiger partial charge is 0.469 e. The molecule has 2 aromatic rings. The molecule has 0 amide bonds. The lowest BCUT2D eigenvalue weighted by Gasteiger charge is -2.17. The smallest absolute Gasteiger partial charge is 0.390 e. The van der Waals surface area contributed by atoms with E-state index in [4.69, 9.17) is 20.3 Å². The highest BCUT2D eigenvalue weighted by Crippen LogP contribution is 2.40. The van der Waals surface area contributed by atoms with Crippen LogP contribution in [0.15, 0.2) is 12.7 Å². The Morgan fingerprint density at radius 3 is 2.87 bits per heavy atom. The fourth-order valence-electron chi connectivity index (χ4n) is 2.57. The van der Waals surface area contributed by atoms with Crippen LogP contribution in [0.2, 0.25) is 0 Å². The van der Waals surface area contributed by atoms with Crippen LogP contribution in [0.25, 0.3) is 11.2 Å². The average Bonchev–Trinajstić information content (AvgIpc) is 3.01. The van der Waals surface area contributed by atoms with Crippen LogP contribution in [0, 0.1) is 5.92 Å². The molecular weight excluding hydrogens is 329 g/mol. The fraction of sp³-hybridized carbons (Fsp3) is 0.545. The molecule has 12 heteroatoms. The van der Waals surface area contributed by atoms with Gasteiger partial charge in [0.2, 0.25) is 0 Å². The van der Waals surface area contributed by atoms with Crippen molar-refractivity contribution in [3.63, 3.8) is 0 Å². The second kappa shape index (κ2) is 5.78. The standard InChI is InChI=1S/C11H16N5O6P/c1-5-8(17)6(2-21-23(18,19)20)22-11(5)16-4-15-7-9(12)13-3-14-10(7)16/h3-6,8,11,17H,2H2,1H3,(H2,12,13,14)(H2,18,19,20)/t5-,6-,8+,11-/m1/s1. The normalized spacial score (nSPS) is 28.5. The maximum Gasteiger partial charge on any atom is 0.469 e. The van der Waals surface area contributed by atoms with Gasteiger partial charge in [0.25, 0.3) is 0 Å². The van der Waals surface area contributed by atoms with Gasteiger partial charge < -0.3 is 25.4 Å². The Morgan fingerprint density at radius 2 is 2.17 bits per heavy atom. The quantitative estimate of drug-likeness (QED) is 0.526. The number of hydrogen-bond acceptors (Lipinski definition) is 8. The molecule has 0 spiro atoms. The Morgan fingerprint density at radius 1 is 1.43 bits per heavy atom. The van der Waals surface area contributed by atoms with Gasteiger partial charge >= 0.3 is 7.82 Å². The van der Waals surface area contributed by atoms with E-state index < -0.39 is 32.9 Å². The van der Waals surface area contributed by atoms with Gasteiger partial charge in [-0.25, -0.2) is 19.5 Å². The van der Waals surface area contributed by atoms with Gasteiger partial charge in [0.1, 0.15) is 24.2 Å². The summed E-state index contributed by atoms with van der Waals surface area (Å²) in [6, 6.07) is 0. The molecule has 1 saturated heterocycles. The monoisotopic (exact) mass is 345 g/mol. The van der Waals surface area contributed by atoms with E-state index in [1.54, 1.807) is 11.5 Å². The number of nitrogens with zero attached hydrogens (tertiary/aromatic N) is 4. The highest BCUT2D eigenvalue weighted by Gasteiger charge is 2.43. The first-order valence-corrected chi connectivity index (χ1v) is 8.27. The summed E-state index contributed by atoms with van der Waals surface area (Å²) in [5.41, 5.74) is 6.58. The van der Waals surface area contributed by atoms with Crippen LogP contribution in [0.3, 0.4) is 0 Å². The molecule has 0 unspecified atom stereocenters. The van der Waals surface area contributed by atoms with Crippen LogP contribution in [-0.4, -0.2) is 53.2 Å². The number of nitrogen functional groups attached to an aromatic ring is 1. The van der Waals surface area contributed by atoms with Crippen molar-refractivity contribution in [3.05, 3.63) is 12.7 Å². The zero-order valence-electron chi connectivity index (χ0n) is 12.1.